The van der Waals surface area contributed by atoms with Gasteiger partial charge in [-0.15, -0.1) is 0 Å². The number of aliphatic carboxylic acids is 1. The molecule has 98 valence electrons. The monoisotopic (exact) mass is 252 g/mol. The highest BCUT2D eigenvalue weighted by Crippen LogP contribution is 2.28. The fourth-order valence-corrected chi connectivity index (χ4v) is 1.46. The van der Waals surface area contributed by atoms with Crippen molar-refractivity contribution in [2.24, 2.45) is 0 Å². The fraction of sp³-hybridized carbons (Fsp3) is 0.308. The third kappa shape index (κ3) is 3.49. The van der Waals surface area contributed by atoms with Crippen LogP contribution in [-0.2, 0) is 9.53 Å². The lowest BCUT2D eigenvalue weighted by molar-refractivity contribution is -0.133. The minimum Gasteiger partial charge on any atom is -0.493 e. The van der Waals surface area contributed by atoms with Gasteiger partial charge in [0.05, 0.1) is 26.4 Å². The van der Waals surface area contributed by atoms with Gasteiger partial charge in [0.25, 0.3) is 0 Å². The summed E-state index contributed by atoms with van der Waals surface area (Å²) in [5.74, 6) is 0.137. The van der Waals surface area contributed by atoms with E-state index in [-0.39, 0.29) is 12.2 Å². The number of carboxylic acid groups (broad SMARTS) is 1. The molecule has 0 saturated carbocycles. The predicted octanol–water partition coefficient (Wildman–Crippen LogP) is 1.82. The van der Waals surface area contributed by atoms with Crippen molar-refractivity contribution >= 4 is 12.0 Å². The average molecular weight is 252 g/mol. The molecular weight excluding hydrogens is 236 g/mol. The van der Waals surface area contributed by atoms with Gasteiger partial charge in [0, 0.05) is 7.11 Å². The van der Waals surface area contributed by atoms with Crippen LogP contribution in [0.3, 0.4) is 0 Å². The van der Waals surface area contributed by atoms with Crippen molar-refractivity contribution in [2.45, 2.75) is 0 Å². The van der Waals surface area contributed by atoms with Crippen LogP contribution >= 0.6 is 0 Å². The molecule has 1 N–H and O–H groups in total. The maximum atomic E-state index is 11.0. The van der Waals surface area contributed by atoms with Crippen LogP contribution in [0.2, 0.25) is 0 Å². The molecule has 1 rings (SSSR count). The first-order valence-electron chi connectivity index (χ1n) is 5.27. The van der Waals surface area contributed by atoms with Gasteiger partial charge < -0.3 is 19.3 Å². The van der Waals surface area contributed by atoms with Gasteiger partial charge in [-0.1, -0.05) is 6.07 Å². The Hall–Kier alpha value is -2.01. The number of carbonyl (C=O) groups is 1. The third-order valence-electron chi connectivity index (χ3n) is 2.32. The first-order valence-corrected chi connectivity index (χ1v) is 5.27. The first-order chi connectivity index (χ1) is 8.62. The minimum atomic E-state index is -1.01. The fourth-order valence-electron chi connectivity index (χ4n) is 1.46. The van der Waals surface area contributed by atoms with E-state index >= 15 is 0 Å². The van der Waals surface area contributed by atoms with E-state index in [0.717, 1.165) is 0 Å². The normalized spacial score (nSPS) is 11.2. The Balaban J connectivity index is 3.09. The van der Waals surface area contributed by atoms with Crippen molar-refractivity contribution in [3.05, 3.63) is 29.3 Å². The summed E-state index contributed by atoms with van der Waals surface area (Å²) >= 11 is 0. The standard InChI is InChI=1S/C13H16O5/c1-16-8-10(13(14)15)6-9-4-5-11(17-2)12(7-9)18-3/h4-7H,8H2,1-3H3,(H,14,15)/b10-6+. The molecule has 0 aliphatic heterocycles. The van der Waals surface area contributed by atoms with E-state index in [9.17, 15) is 4.79 Å². The Kier molecular flexibility index (Phi) is 5.20. The molecule has 0 spiro atoms. The highest BCUT2D eigenvalue weighted by molar-refractivity contribution is 5.92. The van der Waals surface area contributed by atoms with Gasteiger partial charge in [0.1, 0.15) is 0 Å². The van der Waals surface area contributed by atoms with Crippen LogP contribution in [0.4, 0.5) is 0 Å². The molecule has 18 heavy (non-hydrogen) atoms. The summed E-state index contributed by atoms with van der Waals surface area (Å²) in [7, 11) is 4.52. The van der Waals surface area contributed by atoms with E-state index in [1.807, 2.05) is 0 Å². The largest absolute Gasteiger partial charge is 0.493 e. The van der Waals surface area contributed by atoms with E-state index in [0.29, 0.717) is 17.1 Å². The summed E-state index contributed by atoms with van der Waals surface area (Å²) in [5.41, 5.74) is 0.881. The molecule has 0 bridgehead atoms. The van der Waals surface area contributed by atoms with Crippen LogP contribution in [0.5, 0.6) is 11.5 Å². The minimum absolute atomic E-state index is 0.0453. The van der Waals surface area contributed by atoms with Crippen LogP contribution in [0.25, 0.3) is 6.08 Å². The van der Waals surface area contributed by atoms with E-state index in [4.69, 9.17) is 19.3 Å². The SMILES string of the molecule is COC/C(=C\c1ccc(OC)c(OC)c1)C(=O)O. The quantitative estimate of drug-likeness (QED) is 0.782. The Morgan fingerprint density at radius 2 is 1.89 bits per heavy atom. The van der Waals surface area contributed by atoms with Gasteiger partial charge >= 0.3 is 5.97 Å². The lowest BCUT2D eigenvalue weighted by Crippen LogP contribution is -2.06. The summed E-state index contributed by atoms with van der Waals surface area (Å²) in [5, 5.41) is 8.99. The van der Waals surface area contributed by atoms with Gasteiger partial charge in [0.15, 0.2) is 11.5 Å². The Morgan fingerprint density at radius 1 is 1.22 bits per heavy atom. The van der Waals surface area contributed by atoms with Crippen LogP contribution in [0.1, 0.15) is 5.56 Å². The molecule has 0 unspecified atom stereocenters. The molecule has 0 aromatic heterocycles. The van der Waals surface area contributed by atoms with Crippen molar-refractivity contribution in [3.8, 4) is 11.5 Å². The molecular formula is C13H16O5. The molecule has 1 aromatic carbocycles. The van der Waals surface area contributed by atoms with E-state index in [2.05, 4.69) is 0 Å². The van der Waals surface area contributed by atoms with E-state index < -0.39 is 5.97 Å². The summed E-state index contributed by atoms with van der Waals surface area (Å²) in [6.07, 6.45) is 1.54. The predicted molar refractivity (Wildman–Crippen MR) is 67.0 cm³/mol. The van der Waals surface area contributed by atoms with Crippen molar-refractivity contribution < 1.29 is 24.1 Å². The van der Waals surface area contributed by atoms with Gasteiger partial charge in [-0.05, 0) is 23.8 Å². The molecule has 0 heterocycles. The van der Waals surface area contributed by atoms with Gasteiger partial charge in [-0.25, -0.2) is 4.79 Å². The number of hydrogen-bond acceptors (Lipinski definition) is 4. The lowest BCUT2D eigenvalue weighted by atomic mass is 10.1. The molecule has 0 amide bonds. The maximum Gasteiger partial charge on any atom is 0.333 e. The van der Waals surface area contributed by atoms with Gasteiger partial charge in [-0.3, -0.25) is 0 Å². The zero-order valence-corrected chi connectivity index (χ0v) is 10.6. The second kappa shape index (κ2) is 6.66. The van der Waals surface area contributed by atoms with Crippen LogP contribution in [-0.4, -0.2) is 39.0 Å². The molecule has 0 radical (unpaired) electrons. The maximum absolute atomic E-state index is 11.0. The summed E-state index contributed by atoms with van der Waals surface area (Å²) < 4.78 is 15.1. The van der Waals surface area contributed by atoms with Gasteiger partial charge in [0.2, 0.25) is 0 Å². The first kappa shape index (κ1) is 14.1. The highest BCUT2D eigenvalue weighted by atomic mass is 16.5. The van der Waals surface area contributed by atoms with E-state index in [1.165, 1.54) is 20.3 Å². The summed E-state index contributed by atoms with van der Waals surface area (Å²) in [4.78, 5) is 11.0. The molecule has 0 aliphatic rings. The lowest BCUT2D eigenvalue weighted by Gasteiger charge is -2.08. The van der Waals surface area contributed by atoms with Crippen molar-refractivity contribution in [1.29, 1.82) is 0 Å². The molecule has 5 heteroatoms. The number of methoxy groups -OCH3 is 3. The summed E-state index contributed by atoms with van der Waals surface area (Å²) in [6, 6.07) is 5.17. The molecule has 5 nitrogen and oxygen atoms in total. The highest BCUT2D eigenvalue weighted by Gasteiger charge is 2.08. The average Bonchev–Trinajstić information content (AvgIpc) is 2.37. The number of carboxylic acids is 1. The van der Waals surface area contributed by atoms with Gasteiger partial charge in [-0.2, -0.15) is 0 Å². The molecule has 0 saturated heterocycles. The van der Waals surface area contributed by atoms with Crippen LogP contribution in [0.15, 0.2) is 23.8 Å². The second-order valence-electron chi connectivity index (χ2n) is 3.52. The molecule has 0 atom stereocenters. The Labute approximate surface area is 106 Å². The zero-order valence-electron chi connectivity index (χ0n) is 10.6. The molecule has 0 aliphatic carbocycles. The molecule has 0 fully saturated rings. The van der Waals surface area contributed by atoms with Crippen molar-refractivity contribution in [3.63, 3.8) is 0 Å². The topological polar surface area (TPSA) is 65.0 Å². The van der Waals surface area contributed by atoms with E-state index in [1.54, 1.807) is 25.3 Å². The van der Waals surface area contributed by atoms with Crippen LogP contribution in [0, 0.1) is 0 Å². The summed E-state index contributed by atoms with van der Waals surface area (Å²) in [6.45, 7) is 0.0453. The van der Waals surface area contributed by atoms with Crippen molar-refractivity contribution in [1.82, 2.24) is 0 Å². The van der Waals surface area contributed by atoms with Crippen molar-refractivity contribution in [2.75, 3.05) is 27.9 Å². The Bertz CT molecular complexity index is 451. The third-order valence-corrected chi connectivity index (χ3v) is 2.32. The number of ether oxygens (including phenoxy) is 3. The number of benzene rings is 1. The second-order valence-corrected chi connectivity index (χ2v) is 3.52. The number of hydrogen-bond donors (Lipinski definition) is 1. The van der Waals surface area contributed by atoms with Crippen LogP contribution < -0.4 is 9.47 Å². The molecule has 1 aromatic rings. The Morgan fingerprint density at radius 3 is 2.39 bits per heavy atom. The smallest absolute Gasteiger partial charge is 0.333 e. The number of rotatable bonds is 6. The zero-order chi connectivity index (χ0) is 13.5.